The van der Waals surface area contributed by atoms with Gasteiger partial charge in [-0.05, 0) is 18.6 Å². The first-order valence-corrected chi connectivity index (χ1v) is 8.92. The van der Waals surface area contributed by atoms with E-state index in [0.717, 1.165) is 22.4 Å². The number of amides is 1. The van der Waals surface area contributed by atoms with Crippen molar-refractivity contribution in [3.05, 3.63) is 84.1 Å². The Kier molecular flexibility index (Phi) is 6.18. The summed E-state index contributed by atoms with van der Waals surface area (Å²) in [6, 6.07) is 19.7. The van der Waals surface area contributed by atoms with E-state index in [-0.39, 0.29) is 18.6 Å². The number of rotatable bonds is 7. The Bertz CT molecular complexity index is 902. The predicted octanol–water partition coefficient (Wildman–Crippen LogP) is 3.11. The van der Waals surface area contributed by atoms with Crippen molar-refractivity contribution in [1.82, 2.24) is 15.1 Å². The molecule has 1 amide bonds. The van der Waals surface area contributed by atoms with E-state index in [1.54, 1.807) is 13.0 Å². The summed E-state index contributed by atoms with van der Waals surface area (Å²) < 4.78 is 1.88. The topological polar surface area (TPSA) is 67.2 Å². The number of carbonyl (C=O) groups is 1. The Hall–Kier alpha value is -3.18. The van der Waals surface area contributed by atoms with Crippen LogP contribution < -0.4 is 5.32 Å². The summed E-state index contributed by atoms with van der Waals surface area (Å²) >= 11 is 0. The molecule has 0 fully saturated rings. The van der Waals surface area contributed by atoms with Gasteiger partial charge >= 0.3 is 0 Å². The molecule has 0 radical (unpaired) electrons. The van der Waals surface area contributed by atoms with Crippen LogP contribution in [0, 0.1) is 0 Å². The zero-order valence-electron chi connectivity index (χ0n) is 15.2. The van der Waals surface area contributed by atoms with Crippen molar-refractivity contribution in [2.45, 2.75) is 19.5 Å². The molecule has 0 saturated heterocycles. The molecule has 0 aliphatic rings. The molecular weight excluding hydrogens is 338 g/mol. The molecule has 0 bridgehead atoms. The van der Waals surface area contributed by atoms with Crippen LogP contribution in [0.5, 0.6) is 0 Å². The van der Waals surface area contributed by atoms with Crippen LogP contribution in [0.2, 0.25) is 0 Å². The highest BCUT2D eigenvalue weighted by Gasteiger charge is 2.10. The second kappa shape index (κ2) is 8.96. The molecule has 3 aromatic rings. The molecule has 1 unspecified atom stereocenters. The van der Waals surface area contributed by atoms with Gasteiger partial charge in [-0.3, -0.25) is 9.48 Å². The standard InChI is InChI=1S/C22H23N3O2/c1-17(16-26)23-21(27)13-12-20-15-25(14-18-8-4-2-5-9-18)24-22(20)19-10-6-3-7-11-19/h2-13,15,17,26H,14,16H2,1H3,(H,23,27)/b13-12+. The predicted molar refractivity (Wildman–Crippen MR) is 107 cm³/mol. The average molecular weight is 361 g/mol. The molecule has 5 heteroatoms. The summed E-state index contributed by atoms with van der Waals surface area (Å²) in [5, 5.41) is 16.5. The first-order valence-electron chi connectivity index (χ1n) is 8.92. The van der Waals surface area contributed by atoms with Gasteiger partial charge in [-0.25, -0.2) is 0 Å². The maximum atomic E-state index is 12.0. The number of carbonyl (C=O) groups excluding carboxylic acids is 1. The third-order valence-electron chi connectivity index (χ3n) is 4.10. The molecule has 1 aromatic heterocycles. The average Bonchev–Trinajstić information content (AvgIpc) is 3.10. The molecule has 2 N–H and O–H groups in total. The Morgan fingerprint density at radius 2 is 1.81 bits per heavy atom. The number of hydrogen-bond acceptors (Lipinski definition) is 3. The normalized spacial score (nSPS) is 12.2. The second-order valence-corrected chi connectivity index (χ2v) is 6.41. The van der Waals surface area contributed by atoms with Crippen LogP contribution in [0.3, 0.4) is 0 Å². The second-order valence-electron chi connectivity index (χ2n) is 6.41. The lowest BCUT2D eigenvalue weighted by molar-refractivity contribution is -0.117. The quantitative estimate of drug-likeness (QED) is 0.636. The van der Waals surface area contributed by atoms with Gasteiger partial charge in [0.2, 0.25) is 5.91 Å². The maximum absolute atomic E-state index is 12.0. The Morgan fingerprint density at radius 3 is 2.48 bits per heavy atom. The number of aromatic nitrogens is 2. The molecule has 0 aliphatic heterocycles. The summed E-state index contributed by atoms with van der Waals surface area (Å²) in [4.78, 5) is 12.0. The third-order valence-corrected chi connectivity index (χ3v) is 4.10. The van der Waals surface area contributed by atoms with Crippen LogP contribution in [-0.4, -0.2) is 33.4 Å². The van der Waals surface area contributed by atoms with Crippen molar-refractivity contribution in [1.29, 1.82) is 0 Å². The van der Waals surface area contributed by atoms with Crippen molar-refractivity contribution >= 4 is 12.0 Å². The zero-order valence-corrected chi connectivity index (χ0v) is 15.2. The van der Waals surface area contributed by atoms with Gasteiger partial charge in [0.05, 0.1) is 18.8 Å². The molecule has 1 atom stereocenters. The molecule has 1 heterocycles. The summed E-state index contributed by atoms with van der Waals surface area (Å²) in [6.07, 6.45) is 5.17. The first-order chi connectivity index (χ1) is 13.2. The van der Waals surface area contributed by atoms with E-state index in [9.17, 15) is 4.79 Å². The number of aliphatic hydroxyl groups excluding tert-OH is 1. The van der Waals surface area contributed by atoms with Crippen LogP contribution in [0.1, 0.15) is 18.1 Å². The van der Waals surface area contributed by atoms with Gasteiger partial charge in [-0.2, -0.15) is 5.10 Å². The van der Waals surface area contributed by atoms with Gasteiger partial charge in [0.15, 0.2) is 0 Å². The fourth-order valence-corrected chi connectivity index (χ4v) is 2.73. The van der Waals surface area contributed by atoms with Crippen LogP contribution in [-0.2, 0) is 11.3 Å². The minimum atomic E-state index is -0.281. The van der Waals surface area contributed by atoms with Gasteiger partial charge in [0.1, 0.15) is 0 Å². The van der Waals surface area contributed by atoms with Crippen molar-refractivity contribution < 1.29 is 9.90 Å². The molecule has 2 aromatic carbocycles. The van der Waals surface area contributed by atoms with E-state index in [4.69, 9.17) is 10.2 Å². The maximum Gasteiger partial charge on any atom is 0.244 e. The van der Waals surface area contributed by atoms with Crippen molar-refractivity contribution in [2.75, 3.05) is 6.61 Å². The van der Waals surface area contributed by atoms with E-state index < -0.39 is 0 Å². The fraction of sp³-hybridized carbons (Fsp3) is 0.182. The molecule has 27 heavy (non-hydrogen) atoms. The first kappa shape index (κ1) is 18.6. The van der Waals surface area contributed by atoms with E-state index in [1.165, 1.54) is 6.08 Å². The Labute approximate surface area is 159 Å². The molecule has 138 valence electrons. The number of aliphatic hydroxyl groups is 1. The molecule has 0 spiro atoms. The molecule has 5 nitrogen and oxygen atoms in total. The number of nitrogens with zero attached hydrogens (tertiary/aromatic N) is 2. The highest BCUT2D eigenvalue weighted by molar-refractivity contribution is 5.93. The monoisotopic (exact) mass is 361 g/mol. The van der Waals surface area contributed by atoms with E-state index in [1.807, 2.05) is 59.4 Å². The minimum absolute atomic E-state index is 0.0934. The largest absolute Gasteiger partial charge is 0.394 e. The van der Waals surface area contributed by atoms with Crippen LogP contribution in [0.25, 0.3) is 17.3 Å². The third kappa shape index (κ3) is 5.15. The van der Waals surface area contributed by atoms with Gasteiger partial charge in [-0.1, -0.05) is 60.7 Å². The Balaban J connectivity index is 1.87. The lowest BCUT2D eigenvalue weighted by atomic mass is 10.1. The SMILES string of the molecule is CC(CO)NC(=O)/C=C/c1cn(Cc2ccccc2)nc1-c1ccccc1. The zero-order chi connectivity index (χ0) is 19.1. The van der Waals surface area contributed by atoms with Gasteiger partial charge < -0.3 is 10.4 Å². The number of nitrogens with one attached hydrogen (secondary N) is 1. The summed E-state index contributed by atoms with van der Waals surface area (Å²) in [5.74, 6) is -0.244. The van der Waals surface area contributed by atoms with Gasteiger partial charge in [0, 0.05) is 29.4 Å². The fourth-order valence-electron chi connectivity index (χ4n) is 2.73. The van der Waals surface area contributed by atoms with E-state index >= 15 is 0 Å². The van der Waals surface area contributed by atoms with Crippen molar-refractivity contribution in [2.24, 2.45) is 0 Å². The van der Waals surface area contributed by atoms with Crippen molar-refractivity contribution in [3.63, 3.8) is 0 Å². The summed E-state index contributed by atoms with van der Waals surface area (Å²) in [7, 11) is 0. The van der Waals surface area contributed by atoms with Crippen LogP contribution in [0.4, 0.5) is 0 Å². The highest BCUT2D eigenvalue weighted by atomic mass is 16.3. The lowest BCUT2D eigenvalue weighted by Gasteiger charge is -2.07. The van der Waals surface area contributed by atoms with Crippen LogP contribution >= 0.6 is 0 Å². The minimum Gasteiger partial charge on any atom is -0.394 e. The lowest BCUT2D eigenvalue weighted by Crippen LogP contribution is -2.33. The summed E-state index contributed by atoms with van der Waals surface area (Å²) in [6.45, 7) is 2.31. The van der Waals surface area contributed by atoms with Crippen molar-refractivity contribution in [3.8, 4) is 11.3 Å². The highest BCUT2D eigenvalue weighted by Crippen LogP contribution is 2.23. The molecule has 3 rings (SSSR count). The molecular formula is C22H23N3O2. The Morgan fingerprint density at radius 1 is 1.15 bits per heavy atom. The number of benzene rings is 2. The van der Waals surface area contributed by atoms with Crippen LogP contribution in [0.15, 0.2) is 72.9 Å². The van der Waals surface area contributed by atoms with Gasteiger partial charge in [-0.15, -0.1) is 0 Å². The number of hydrogen-bond donors (Lipinski definition) is 2. The summed E-state index contributed by atoms with van der Waals surface area (Å²) in [5.41, 5.74) is 3.84. The smallest absolute Gasteiger partial charge is 0.244 e. The van der Waals surface area contributed by atoms with Gasteiger partial charge in [0.25, 0.3) is 0 Å². The van der Waals surface area contributed by atoms with E-state index in [0.29, 0.717) is 6.54 Å². The van der Waals surface area contributed by atoms with E-state index in [2.05, 4.69) is 17.4 Å². The molecule has 0 saturated carbocycles. The molecule has 0 aliphatic carbocycles.